The number of fused-ring (bicyclic) bond motifs is 4. The molecule has 1 amide bonds. The highest BCUT2D eigenvalue weighted by Crippen LogP contribution is 2.34. The Bertz CT molecular complexity index is 1020. The molecule has 0 bridgehead atoms. The van der Waals surface area contributed by atoms with Crippen molar-refractivity contribution >= 4 is 16.9 Å². The number of aryl methyl sites for hydroxylation is 3. The summed E-state index contributed by atoms with van der Waals surface area (Å²) in [5.41, 5.74) is 4.82. The smallest absolute Gasteiger partial charge is 0.258 e. The van der Waals surface area contributed by atoms with Crippen LogP contribution in [0.2, 0.25) is 0 Å². The van der Waals surface area contributed by atoms with Crippen molar-refractivity contribution in [3.8, 4) is 5.75 Å². The molecular formula is C24H25NO3. The van der Waals surface area contributed by atoms with Gasteiger partial charge in [-0.25, -0.2) is 0 Å². The Labute approximate surface area is 164 Å². The van der Waals surface area contributed by atoms with Gasteiger partial charge >= 0.3 is 0 Å². The van der Waals surface area contributed by atoms with Gasteiger partial charge in [-0.3, -0.25) is 4.79 Å². The molecule has 5 rings (SSSR count). The van der Waals surface area contributed by atoms with Crippen molar-refractivity contribution in [2.45, 2.75) is 51.0 Å². The third-order valence-corrected chi connectivity index (χ3v) is 6.00. The maximum absolute atomic E-state index is 12.5. The van der Waals surface area contributed by atoms with Gasteiger partial charge < -0.3 is 14.5 Å². The summed E-state index contributed by atoms with van der Waals surface area (Å²) in [5.74, 6) is 1.77. The normalized spacial score (nSPS) is 18.4. The largest absolute Gasteiger partial charge is 0.484 e. The summed E-state index contributed by atoms with van der Waals surface area (Å²) in [6.45, 7) is 0.0320. The molecule has 0 saturated carbocycles. The van der Waals surface area contributed by atoms with E-state index in [1.807, 2.05) is 24.3 Å². The summed E-state index contributed by atoms with van der Waals surface area (Å²) in [7, 11) is 0. The summed E-state index contributed by atoms with van der Waals surface area (Å²) in [6.07, 6.45) is 7.66. The van der Waals surface area contributed by atoms with E-state index < -0.39 is 0 Å². The molecule has 28 heavy (non-hydrogen) atoms. The van der Waals surface area contributed by atoms with E-state index in [0.29, 0.717) is 0 Å². The number of furan rings is 1. The van der Waals surface area contributed by atoms with Crippen LogP contribution in [0.15, 0.2) is 46.9 Å². The Morgan fingerprint density at radius 2 is 1.96 bits per heavy atom. The molecular weight excluding hydrogens is 350 g/mol. The van der Waals surface area contributed by atoms with E-state index in [9.17, 15) is 4.79 Å². The van der Waals surface area contributed by atoms with Crippen molar-refractivity contribution < 1.29 is 13.9 Å². The van der Waals surface area contributed by atoms with E-state index in [4.69, 9.17) is 9.15 Å². The molecule has 1 heterocycles. The van der Waals surface area contributed by atoms with E-state index in [2.05, 4.69) is 23.5 Å². The van der Waals surface area contributed by atoms with Gasteiger partial charge in [0.25, 0.3) is 5.91 Å². The number of carbonyl (C=O) groups excluding carboxylic acids is 1. The molecule has 0 radical (unpaired) electrons. The van der Waals surface area contributed by atoms with Crippen molar-refractivity contribution in [2.75, 3.05) is 6.61 Å². The fourth-order valence-electron chi connectivity index (χ4n) is 4.62. The van der Waals surface area contributed by atoms with Crippen molar-refractivity contribution in [3.05, 3.63) is 64.9 Å². The van der Waals surface area contributed by atoms with E-state index in [0.717, 1.165) is 54.6 Å². The van der Waals surface area contributed by atoms with Crippen LogP contribution in [0.25, 0.3) is 11.0 Å². The molecule has 1 aromatic heterocycles. The van der Waals surface area contributed by atoms with Crippen LogP contribution in [-0.2, 0) is 24.1 Å². The molecule has 4 nitrogen and oxygen atoms in total. The second kappa shape index (κ2) is 7.34. The molecule has 2 aliphatic rings. The number of hydrogen-bond acceptors (Lipinski definition) is 3. The average Bonchev–Trinajstić information content (AvgIpc) is 3.10. The minimum absolute atomic E-state index is 0.0320. The van der Waals surface area contributed by atoms with Crippen LogP contribution in [0, 0.1) is 0 Å². The van der Waals surface area contributed by atoms with Crippen LogP contribution in [0.3, 0.4) is 0 Å². The maximum atomic E-state index is 12.5. The topological polar surface area (TPSA) is 51.5 Å². The highest BCUT2D eigenvalue weighted by atomic mass is 16.5. The molecule has 0 aliphatic heterocycles. The van der Waals surface area contributed by atoms with Crippen molar-refractivity contribution in [1.29, 1.82) is 0 Å². The predicted molar refractivity (Wildman–Crippen MR) is 109 cm³/mol. The summed E-state index contributed by atoms with van der Waals surface area (Å²) in [4.78, 5) is 12.5. The maximum Gasteiger partial charge on any atom is 0.258 e. The lowest BCUT2D eigenvalue weighted by atomic mass is 9.88. The zero-order valence-electron chi connectivity index (χ0n) is 16.0. The van der Waals surface area contributed by atoms with E-state index in [-0.39, 0.29) is 18.6 Å². The van der Waals surface area contributed by atoms with Gasteiger partial charge in [-0.2, -0.15) is 0 Å². The van der Waals surface area contributed by atoms with Gasteiger partial charge in [0.2, 0.25) is 0 Å². The molecule has 0 unspecified atom stereocenters. The quantitative estimate of drug-likeness (QED) is 0.707. The average molecular weight is 375 g/mol. The molecule has 2 aromatic carbocycles. The Morgan fingerprint density at radius 3 is 2.93 bits per heavy atom. The first-order valence-corrected chi connectivity index (χ1v) is 10.3. The number of ether oxygens (including phenoxy) is 1. The predicted octanol–water partition coefficient (Wildman–Crippen LogP) is 4.88. The number of rotatable bonds is 4. The van der Waals surface area contributed by atoms with Crippen LogP contribution in [-0.4, -0.2) is 12.5 Å². The summed E-state index contributed by atoms with van der Waals surface area (Å²) < 4.78 is 11.8. The summed E-state index contributed by atoms with van der Waals surface area (Å²) >= 11 is 0. The number of amides is 1. The standard InChI is InChI=1S/C24H25NO3/c26-24(25-21-10-5-7-16-6-1-2-8-18(16)21)15-27-17-12-13-23-20(14-17)19-9-3-4-11-22(19)28-23/h1-2,6,8,12-14,21H,3-5,7,9-11,15H2,(H,25,26)/t21-/m1/s1. The third kappa shape index (κ3) is 3.28. The van der Waals surface area contributed by atoms with Gasteiger partial charge in [0, 0.05) is 17.4 Å². The number of benzene rings is 2. The fourth-order valence-corrected chi connectivity index (χ4v) is 4.62. The number of nitrogens with one attached hydrogen (secondary N) is 1. The molecule has 1 N–H and O–H groups in total. The molecule has 4 heteroatoms. The Kier molecular flexibility index (Phi) is 4.55. The van der Waals surface area contributed by atoms with Crippen molar-refractivity contribution in [2.24, 2.45) is 0 Å². The van der Waals surface area contributed by atoms with Gasteiger partial charge in [-0.05, 0) is 67.9 Å². The lowest BCUT2D eigenvalue weighted by Crippen LogP contribution is -2.34. The SMILES string of the molecule is O=C(COc1ccc2oc3c(c2c1)CCCC3)N[C@@H]1CCCc2ccccc21. The molecule has 0 spiro atoms. The van der Waals surface area contributed by atoms with Gasteiger partial charge in [-0.15, -0.1) is 0 Å². The van der Waals surface area contributed by atoms with Gasteiger partial charge in [0.05, 0.1) is 6.04 Å². The summed E-state index contributed by atoms with van der Waals surface area (Å²) in [5, 5.41) is 4.28. The van der Waals surface area contributed by atoms with Crippen LogP contribution in [0.1, 0.15) is 54.2 Å². The van der Waals surface area contributed by atoms with Crippen LogP contribution in [0.4, 0.5) is 0 Å². The van der Waals surface area contributed by atoms with Gasteiger partial charge in [0.1, 0.15) is 17.1 Å². The zero-order chi connectivity index (χ0) is 18.9. The van der Waals surface area contributed by atoms with Crippen LogP contribution >= 0.6 is 0 Å². The van der Waals surface area contributed by atoms with Crippen molar-refractivity contribution in [1.82, 2.24) is 5.32 Å². The third-order valence-electron chi connectivity index (χ3n) is 6.00. The first-order chi connectivity index (χ1) is 13.8. The first kappa shape index (κ1) is 17.4. The fraction of sp³-hybridized carbons (Fsp3) is 0.375. The lowest BCUT2D eigenvalue weighted by Gasteiger charge is -2.26. The first-order valence-electron chi connectivity index (χ1n) is 10.3. The molecule has 144 valence electrons. The lowest BCUT2D eigenvalue weighted by molar-refractivity contribution is -0.123. The molecule has 2 aliphatic carbocycles. The van der Waals surface area contributed by atoms with E-state index >= 15 is 0 Å². The zero-order valence-corrected chi connectivity index (χ0v) is 16.0. The second-order valence-electron chi connectivity index (χ2n) is 7.87. The monoisotopic (exact) mass is 375 g/mol. The minimum Gasteiger partial charge on any atom is -0.484 e. The number of carbonyl (C=O) groups is 1. The van der Waals surface area contributed by atoms with E-state index in [1.54, 1.807) is 0 Å². The molecule has 0 fully saturated rings. The molecule has 3 aromatic rings. The highest BCUT2D eigenvalue weighted by Gasteiger charge is 2.22. The number of hydrogen-bond donors (Lipinski definition) is 1. The van der Waals surface area contributed by atoms with Crippen LogP contribution in [0.5, 0.6) is 5.75 Å². The molecule has 0 saturated heterocycles. The second-order valence-corrected chi connectivity index (χ2v) is 7.87. The van der Waals surface area contributed by atoms with Crippen LogP contribution < -0.4 is 10.1 Å². The molecule has 1 atom stereocenters. The van der Waals surface area contributed by atoms with Gasteiger partial charge in [0.15, 0.2) is 6.61 Å². The Balaban J connectivity index is 1.26. The Hall–Kier alpha value is -2.75. The minimum atomic E-state index is -0.0731. The summed E-state index contributed by atoms with van der Waals surface area (Å²) in [6, 6.07) is 14.3. The van der Waals surface area contributed by atoms with E-state index in [1.165, 1.54) is 29.5 Å². The Morgan fingerprint density at radius 1 is 1.07 bits per heavy atom. The van der Waals surface area contributed by atoms with Gasteiger partial charge in [-0.1, -0.05) is 24.3 Å². The highest BCUT2D eigenvalue weighted by molar-refractivity contribution is 5.84. The van der Waals surface area contributed by atoms with Crippen molar-refractivity contribution in [3.63, 3.8) is 0 Å².